The molecule has 2 aromatic rings. The molecule has 3 rings (SSSR count). The van der Waals surface area contributed by atoms with Crippen molar-refractivity contribution in [3.63, 3.8) is 0 Å². The van der Waals surface area contributed by atoms with Gasteiger partial charge in [-0.3, -0.25) is 0 Å². The third-order valence-corrected chi connectivity index (χ3v) is 3.61. The number of alkyl halides is 1. The Kier molecular flexibility index (Phi) is 3.14. The highest BCUT2D eigenvalue weighted by Crippen LogP contribution is 2.31. The number of hydrogen-bond donors (Lipinski definition) is 0. The van der Waals surface area contributed by atoms with E-state index >= 15 is 0 Å². The third-order valence-electron chi connectivity index (χ3n) is 3.37. The molecule has 0 spiro atoms. The Hall–Kier alpha value is -1.26. The number of fused-ring (bicyclic) bond motifs is 1. The van der Waals surface area contributed by atoms with Crippen LogP contribution in [0.25, 0.3) is 11.0 Å². The molecular formula is C13H15ClN2O2. The zero-order valence-corrected chi connectivity index (χ0v) is 11.0. The molecule has 96 valence electrons. The predicted octanol–water partition coefficient (Wildman–Crippen LogP) is 2.75. The number of ether oxygens (including phenoxy) is 2. The van der Waals surface area contributed by atoms with E-state index in [-0.39, 0.29) is 0 Å². The van der Waals surface area contributed by atoms with Crippen LogP contribution in [0, 0.1) is 0 Å². The fraction of sp³-hybridized carbons (Fsp3) is 0.462. The van der Waals surface area contributed by atoms with Crippen molar-refractivity contribution in [1.82, 2.24) is 9.55 Å². The van der Waals surface area contributed by atoms with Crippen LogP contribution in [0.15, 0.2) is 18.2 Å². The van der Waals surface area contributed by atoms with Crippen molar-refractivity contribution >= 4 is 22.6 Å². The Labute approximate surface area is 110 Å². The van der Waals surface area contributed by atoms with Crippen molar-refractivity contribution in [1.29, 1.82) is 0 Å². The number of para-hydroxylation sites is 1. The Morgan fingerprint density at radius 1 is 1.56 bits per heavy atom. The number of nitrogens with zero attached hydrogens (tertiary/aromatic N) is 2. The van der Waals surface area contributed by atoms with Gasteiger partial charge in [0.05, 0.1) is 31.2 Å². The summed E-state index contributed by atoms with van der Waals surface area (Å²) in [7, 11) is 1.66. The lowest BCUT2D eigenvalue weighted by atomic mass is 10.2. The van der Waals surface area contributed by atoms with Crippen LogP contribution < -0.4 is 4.74 Å². The number of methoxy groups -OCH3 is 1. The molecule has 2 heterocycles. The van der Waals surface area contributed by atoms with Crippen LogP contribution in [0.2, 0.25) is 0 Å². The second kappa shape index (κ2) is 4.78. The van der Waals surface area contributed by atoms with E-state index < -0.39 is 0 Å². The summed E-state index contributed by atoms with van der Waals surface area (Å²) in [5.74, 6) is 2.07. The average Bonchev–Trinajstić information content (AvgIpc) is 3.03. The van der Waals surface area contributed by atoms with Gasteiger partial charge in [0.25, 0.3) is 0 Å². The van der Waals surface area contributed by atoms with Crippen LogP contribution in [-0.2, 0) is 10.6 Å². The molecule has 0 aliphatic carbocycles. The molecular weight excluding hydrogens is 252 g/mol. The lowest BCUT2D eigenvalue weighted by Gasteiger charge is -2.14. The zero-order chi connectivity index (χ0) is 12.5. The zero-order valence-electron chi connectivity index (χ0n) is 10.2. The van der Waals surface area contributed by atoms with E-state index in [0.29, 0.717) is 11.9 Å². The van der Waals surface area contributed by atoms with E-state index in [0.717, 1.165) is 42.2 Å². The fourth-order valence-electron chi connectivity index (χ4n) is 2.53. The molecule has 4 nitrogen and oxygen atoms in total. The summed E-state index contributed by atoms with van der Waals surface area (Å²) in [6.07, 6.45) is 1.01. The predicted molar refractivity (Wildman–Crippen MR) is 70.3 cm³/mol. The van der Waals surface area contributed by atoms with E-state index in [2.05, 4.69) is 15.6 Å². The van der Waals surface area contributed by atoms with Gasteiger partial charge < -0.3 is 14.0 Å². The summed E-state index contributed by atoms with van der Waals surface area (Å²) in [5.41, 5.74) is 1.95. The van der Waals surface area contributed by atoms with E-state index in [1.807, 2.05) is 12.1 Å². The standard InChI is InChI=1S/C13H15ClN2O2/c1-17-11-4-2-3-10-13(11)15-12(7-14)16(10)9-5-6-18-8-9/h2-4,9H,5-8H2,1H3. The van der Waals surface area contributed by atoms with Gasteiger partial charge >= 0.3 is 0 Å². The monoisotopic (exact) mass is 266 g/mol. The molecule has 1 aliphatic rings. The van der Waals surface area contributed by atoms with Gasteiger partial charge in [-0.1, -0.05) is 6.07 Å². The average molecular weight is 267 g/mol. The molecule has 18 heavy (non-hydrogen) atoms. The Bertz CT molecular complexity index is 561. The summed E-state index contributed by atoms with van der Waals surface area (Å²) in [6.45, 7) is 1.53. The van der Waals surface area contributed by atoms with Crippen LogP contribution in [0.3, 0.4) is 0 Å². The van der Waals surface area contributed by atoms with Crippen molar-refractivity contribution in [3.8, 4) is 5.75 Å². The molecule has 0 bridgehead atoms. The maximum absolute atomic E-state index is 6.01. The third kappa shape index (κ3) is 1.76. The van der Waals surface area contributed by atoms with Gasteiger partial charge in [0.1, 0.15) is 17.1 Å². The molecule has 1 aromatic carbocycles. The van der Waals surface area contributed by atoms with Crippen LogP contribution >= 0.6 is 11.6 Å². The minimum absolute atomic E-state index is 0.329. The molecule has 0 amide bonds. The smallest absolute Gasteiger partial charge is 0.146 e. The number of hydrogen-bond acceptors (Lipinski definition) is 3. The van der Waals surface area contributed by atoms with Crippen molar-refractivity contribution < 1.29 is 9.47 Å². The molecule has 5 heteroatoms. The quantitative estimate of drug-likeness (QED) is 0.802. The SMILES string of the molecule is COc1cccc2c1nc(CCl)n2C1CCOC1. The van der Waals surface area contributed by atoms with Gasteiger partial charge in [0.2, 0.25) is 0 Å². The normalized spacial score (nSPS) is 19.6. The molecule has 1 fully saturated rings. The summed E-state index contributed by atoms with van der Waals surface area (Å²) in [5, 5.41) is 0. The molecule has 1 atom stereocenters. The van der Waals surface area contributed by atoms with E-state index in [9.17, 15) is 0 Å². The van der Waals surface area contributed by atoms with Gasteiger partial charge in [-0.2, -0.15) is 0 Å². The van der Waals surface area contributed by atoms with Crippen molar-refractivity contribution in [2.45, 2.75) is 18.3 Å². The van der Waals surface area contributed by atoms with Crippen molar-refractivity contribution in [2.75, 3.05) is 20.3 Å². The summed E-state index contributed by atoms with van der Waals surface area (Å²) in [6, 6.07) is 6.28. The second-order valence-electron chi connectivity index (χ2n) is 4.38. The number of benzene rings is 1. The first-order valence-electron chi connectivity index (χ1n) is 6.02. The molecule has 0 N–H and O–H groups in total. The Morgan fingerprint density at radius 2 is 2.44 bits per heavy atom. The lowest BCUT2D eigenvalue weighted by molar-refractivity contribution is 0.187. The van der Waals surface area contributed by atoms with Crippen LogP contribution in [0.1, 0.15) is 18.3 Å². The Morgan fingerprint density at radius 3 is 3.11 bits per heavy atom. The molecule has 1 saturated heterocycles. The summed E-state index contributed by atoms with van der Waals surface area (Å²) >= 11 is 6.01. The maximum Gasteiger partial charge on any atom is 0.146 e. The van der Waals surface area contributed by atoms with Gasteiger partial charge in [-0.15, -0.1) is 11.6 Å². The molecule has 0 saturated carbocycles. The number of rotatable bonds is 3. The second-order valence-corrected chi connectivity index (χ2v) is 4.64. The minimum atomic E-state index is 0.329. The summed E-state index contributed by atoms with van der Waals surface area (Å²) < 4.78 is 13.0. The van der Waals surface area contributed by atoms with E-state index in [1.165, 1.54) is 0 Å². The maximum atomic E-state index is 6.01. The number of imidazole rings is 1. The van der Waals surface area contributed by atoms with E-state index in [1.54, 1.807) is 7.11 Å². The fourth-order valence-corrected chi connectivity index (χ4v) is 2.72. The van der Waals surface area contributed by atoms with Gasteiger partial charge in [-0.05, 0) is 18.6 Å². The van der Waals surface area contributed by atoms with Crippen LogP contribution in [-0.4, -0.2) is 29.9 Å². The summed E-state index contributed by atoms with van der Waals surface area (Å²) in [4.78, 5) is 4.60. The highest BCUT2D eigenvalue weighted by Gasteiger charge is 2.23. The van der Waals surface area contributed by atoms with Crippen molar-refractivity contribution in [2.24, 2.45) is 0 Å². The van der Waals surface area contributed by atoms with E-state index in [4.69, 9.17) is 21.1 Å². The highest BCUT2D eigenvalue weighted by molar-refractivity contribution is 6.16. The van der Waals surface area contributed by atoms with Gasteiger partial charge in [0, 0.05) is 6.61 Å². The number of aromatic nitrogens is 2. The highest BCUT2D eigenvalue weighted by atomic mass is 35.5. The minimum Gasteiger partial charge on any atom is -0.494 e. The lowest BCUT2D eigenvalue weighted by Crippen LogP contribution is -2.11. The first-order valence-corrected chi connectivity index (χ1v) is 6.56. The van der Waals surface area contributed by atoms with Crippen LogP contribution in [0.5, 0.6) is 5.75 Å². The molecule has 1 aromatic heterocycles. The topological polar surface area (TPSA) is 36.3 Å². The van der Waals surface area contributed by atoms with Gasteiger partial charge in [0.15, 0.2) is 0 Å². The first kappa shape index (κ1) is 11.8. The number of halogens is 1. The molecule has 1 unspecified atom stereocenters. The first-order chi connectivity index (χ1) is 8.85. The molecule has 0 radical (unpaired) electrons. The molecule has 1 aliphatic heterocycles. The van der Waals surface area contributed by atoms with Crippen molar-refractivity contribution in [3.05, 3.63) is 24.0 Å². The largest absolute Gasteiger partial charge is 0.494 e. The Balaban J connectivity index is 2.21. The van der Waals surface area contributed by atoms with Gasteiger partial charge in [-0.25, -0.2) is 4.98 Å². The van der Waals surface area contributed by atoms with Crippen LogP contribution in [0.4, 0.5) is 0 Å².